The van der Waals surface area contributed by atoms with Gasteiger partial charge in [-0.05, 0) is 43.4 Å². The average molecular weight is 296 g/mol. The number of hydrogen-bond acceptors (Lipinski definition) is 2. The molecule has 0 bridgehead atoms. The lowest BCUT2D eigenvalue weighted by Gasteiger charge is -2.10. The summed E-state index contributed by atoms with van der Waals surface area (Å²) in [6, 6.07) is 7.54. The molecule has 1 aliphatic carbocycles. The number of hydrogen-bond donors (Lipinski definition) is 2. The number of carbonyl (C=O) groups excluding carboxylic acids is 1. The SMILES string of the molecule is O=C(O)[C@H]1CC[C@@H](C(=O)NCCc2cccc(Cl)c2)C1. The van der Waals surface area contributed by atoms with Crippen molar-refractivity contribution >= 4 is 23.5 Å². The van der Waals surface area contributed by atoms with Crippen molar-refractivity contribution in [1.29, 1.82) is 0 Å². The monoisotopic (exact) mass is 295 g/mol. The Hall–Kier alpha value is -1.55. The second-order valence-corrected chi connectivity index (χ2v) is 5.65. The molecule has 1 amide bonds. The minimum absolute atomic E-state index is 0.0317. The van der Waals surface area contributed by atoms with Crippen LogP contribution in [0, 0.1) is 11.8 Å². The molecule has 0 spiro atoms. The Morgan fingerprint density at radius 2 is 2.05 bits per heavy atom. The summed E-state index contributed by atoms with van der Waals surface area (Å²) >= 11 is 5.89. The van der Waals surface area contributed by atoms with Crippen molar-refractivity contribution in [3.63, 3.8) is 0 Å². The number of nitrogens with one attached hydrogen (secondary N) is 1. The lowest BCUT2D eigenvalue weighted by Crippen LogP contribution is -2.31. The number of carboxylic acid groups (broad SMARTS) is 1. The first-order chi connectivity index (χ1) is 9.56. The standard InChI is InChI=1S/C15H18ClNO3/c16-13-3-1-2-10(8-13)6-7-17-14(18)11-4-5-12(9-11)15(19)20/h1-3,8,11-12H,4-7,9H2,(H,17,18)(H,19,20)/t11-,12+/m1/s1. The Morgan fingerprint density at radius 3 is 2.70 bits per heavy atom. The normalized spacial score (nSPS) is 21.6. The second-order valence-electron chi connectivity index (χ2n) is 5.22. The fourth-order valence-electron chi connectivity index (χ4n) is 2.61. The molecular formula is C15H18ClNO3. The van der Waals surface area contributed by atoms with Gasteiger partial charge in [0, 0.05) is 17.5 Å². The Bertz CT molecular complexity index is 504. The zero-order chi connectivity index (χ0) is 14.5. The number of halogens is 1. The van der Waals surface area contributed by atoms with E-state index in [9.17, 15) is 9.59 Å². The van der Waals surface area contributed by atoms with Crippen molar-refractivity contribution < 1.29 is 14.7 Å². The summed E-state index contributed by atoms with van der Waals surface area (Å²) in [7, 11) is 0. The average Bonchev–Trinajstić information content (AvgIpc) is 2.88. The van der Waals surface area contributed by atoms with Crippen LogP contribution in [0.4, 0.5) is 0 Å². The van der Waals surface area contributed by atoms with Crippen molar-refractivity contribution in [2.24, 2.45) is 11.8 Å². The van der Waals surface area contributed by atoms with Crippen molar-refractivity contribution in [3.8, 4) is 0 Å². The first-order valence-corrected chi connectivity index (χ1v) is 7.19. The summed E-state index contributed by atoms with van der Waals surface area (Å²) < 4.78 is 0. The number of aliphatic carboxylic acids is 1. The predicted octanol–water partition coefficient (Wildman–Crippen LogP) is 2.50. The molecule has 20 heavy (non-hydrogen) atoms. The molecule has 1 saturated carbocycles. The van der Waals surface area contributed by atoms with Gasteiger partial charge in [-0.15, -0.1) is 0 Å². The highest BCUT2D eigenvalue weighted by molar-refractivity contribution is 6.30. The summed E-state index contributed by atoms with van der Waals surface area (Å²) in [4.78, 5) is 22.8. The smallest absolute Gasteiger partial charge is 0.306 e. The van der Waals surface area contributed by atoms with Gasteiger partial charge in [-0.25, -0.2) is 0 Å². The molecule has 0 aliphatic heterocycles. The van der Waals surface area contributed by atoms with Gasteiger partial charge in [0.1, 0.15) is 0 Å². The van der Waals surface area contributed by atoms with Gasteiger partial charge >= 0.3 is 5.97 Å². The Labute approximate surface area is 123 Å². The van der Waals surface area contributed by atoms with Crippen LogP contribution in [-0.2, 0) is 16.0 Å². The number of carbonyl (C=O) groups is 2. The summed E-state index contributed by atoms with van der Waals surface area (Å²) in [5.74, 6) is -1.34. The Balaban J connectivity index is 1.75. The van der Waals surface area contributed by atoms with Crippen molar-refractivity contribution in [2.45, 2.75) is 25.7 Å². The van der Waals surface area contributed by atoms with Gasteiger partial charge in [-0.3, -0.25) is 9.59 Å². The molecular weight excluding hydrogens is 278 g/mol. The van der Waals surface area contributed by atoms with Crippen LogP contribution in [-0.4, -0.2) is 23.5 Å². The highest BCUT2D eigenvalue weighted by Gasteiger charge is 2.33. The predicted molar refractivity (Wildman–Crippen MR) is 76.6 cm³/mol. The summed E-state index contributed by atoms with van der Waals surface area (Å²) in [6.07, 6.45) is 2.45. The fraction of sp³-hybridized carbons (Fsp3) is 0.467. The molecule has 5 heteroatoms. The van der Waals surface area contributed by atoms with E-state index in [0.29, 0.717) is 30.8 Å². The van der Waals surface area contributed by atoms with E-state index in [-0.39, 0.29) is 17.7 Å². The minimum atomic E-state index is -0.792. The van der Waals surface area contributed by atoms with E-state index in [1.165, 1.54) is 0 Å². The van der Waals surface area contributed by atoms with E-state index in [4.69, 9.17) is 16.7 Å². The van der Waals surface area contributed by atoms with Crippen LogP contribution in [0.1, 0.15) is 24.8 Å². The zero-order valence-corrected chi connectivity index (χ0v) is 11.9. The van der Waals surface area contributed by atoms with Gasteiger partial charge in [-0.1, -0.05) is 23.7 Å². The molecule has 0 unspecified atom stereocenters. The first kappa shape index (κ1) is 14.9. The van der Waals surface area contributed by atoms with E-state index in [1.807, 2.05) is 24.3 Å². The third kappa shape index (κ3) is 3.97. The van der Waals surface area contributed by atoms with Gasteiger partial charge in [0.15, 0.2) is 0 Å². The number of rotatable bonds is 5. The third-order valence-electron chi connectivity index (χ3n) is 3.75. The molecule has 0 radical (unpaired) electrons. The quantitative estimate of drug-likeness (QED) is 0.877. The van der Waals surface area contributed by atoms with Crippen molar-refractivity contribution in [3.05, 3.63) is 34.9 Å². The number of benzene rings is 1. The Kier molecular flexibility index (Phi) is 5.01. The van der Waals surface area contributed by atoms with E-state index in [2.05, 4.69) is 5.32 Å². The van der Waals surface area contributed by atoms with Crippen molar-refractivity contribution in [1.82, 2.24) is 5.32 Å². The van der Waals surface area contributed by atoms with Crippen LogP contribution < -0.4 is 5.32 Å². The molecule has 0 heterocycles. The highest BCUT2D eigenvalue weighted by Crippen LogP contribution is 2.31. The van der Waals surface area contributed by atoms with Gasteiger partial charge in [0.2, 0.25) is 5.91 Å². The second kappa shape index (κ2) is 6.75. The molecule has 1 aromatic rings. The molecule has 1 aromatic carbocycles. The minimum Gasteiger partial charge on any atom is -0.481 e. The summed E-state index contributed by atoms with van der Waals surface area (Å²) in [5.41, 5.74) is 1.08. The highest BCUT2D eigenvalue weighted by atomic mass is 35.5. The molecule has 2 rings (SSSR count). The molecule has 108 valence electrons. The fourth-order valence-corrected chi connectivity index (χ4v) is 2.82. The van der Waals surface area contributed by atoms with Gasteiger partial charge in [0.05, 0.1) is 5.92 Å². The van der Waals surface area contributed by atoms with Gasteiger partial charge in [0.25, 0.3) is 0 Å². The molecule has 0 aromatic heterocycles. The molecule has 2 atom stereocenters. The van der Waals surface area contributed by atoms with Crippen LogP contribution in [0.2, 0.25) is 5.02 Å². The maximum atomic E-state index is 11.9. The largest absolute Gasteiger partial charge is 0.481 e. The Morgan fingerprint density at radius 1 is 1.30 bits per heavy atom. The molecule has 1 aliphatic rings. The van der Waals surface area contributed by atoms with Crippen LogP contribution >= 0.6 is 11.6 Å². The first-order valence-electron chi connectivity index (χ1n) is 6.81. The van der Waals surface area contributed by atoms with Crippen LogP contribution in [0.25, 0.3) is 0 Å². The lowest BCUT2D eigenvalue weighted by molar-refractivity contribution is -0.141. The van der Waals surface area contributed by atoms with Crippen LogP contribution in [0.3, 0.4) is 0 Å². The van der Waals surface area contributed by atoms with Crippen molar-refractivity contribution in [2.75, 3.05) is 6.54 Å². The van der Waals surface area contributed by atoms with Gasteiger partial charge in [-0.2, -0.15) is 0 Å². The number of amides is 1. The summed E-state index contributed by atoms with van der Waals surface area (Å²) in [6.45, 7) is 0.549. The van der Waals surface area contributed by atoms with Gasteiger partial charge < -0.3 is 10.4 Å². The summed E-state index contributed by atoms with van der Waals surface area (Å²) in [5, 5.41) is 12.5. The number of carboxylic acids is 1. The maximum absolute atomic E-state index is 11.9. The zero-order valence-electron chi connectivity index (χ0n) is 11.1. The molecule has 0 saturated heterocycles. The van der Waals surface area contributed by atoms with Crippen LogP contribution in [0.5, 0.6) is 0 Å². The van der Waals surface area contributed by atoms with E-state index in [0.717, 1.165) is 12.0 Å². The topological polar surface area (TPSA) is 66.4 Å². The van der Waals surface area contributed by atoms with E-state index >= 15 is 0 Å². The van der Waals surface area contributed by atoms with Crippen LogP contribution in [0.15, 0.2) is 24.3 Å². The lowest BCUT2D eigenvalue weighted by atomic mass is 10.0. The molecule has 4 nitrogen and oxygen atoms in total. The van der Waals surface area contributed by atoms with E-state index in [1.54, 1.807) is 0 Å². The molecule has 1 fully saturated rings. The van der Waals surface area contributed by atoms with E-state index < -0.39 is 5.97 Å². The maximum Gasteiger partial charge on any atom is 0.306 e. The third-order valence-corrected chi connectivity index (χ3v) is 3.99. The molecule has 2 N–H and O–H groups in total.